The highest BCUT2D eigenvalue weighted by atomic mass is 16.5. The first-order chi connectivity index (χ1) is 11.0. The van der Waals surface area contributed by atoms with Crippen LogP contribution in [-0.4, -0.2) is 30.9 Å². The Labute approximate surface area is 134 Å². The summed E-state index contributed by atoms with van der Waals surface area (Å²) in [5.41, 5.74) is 5.97. The molecule has 1 aromatic carbocycles. The standard InChI is InChI=1S/C16H19N3O4/c1-10-3-7-13(23-2)11(9-10)4-8-14(20)18-19-16(22)15(21)17-12-5-6-12/h3-4,7-9,12H,5-6H2,1-2H3,(H,17,21)(H,18,20)(H,19,22)/b8-4+. The van der Waals surface area contributed by atoms with Crippen molar-refractivity contribution in [2.75, 3.05) is 7.11 Å². The number of ether oxygens (including phenoxy) is 1. The van der Waals surface area contributed by atoms with Crippen LogP contribution in [0.4, 0.5) is 0 Å². The van der Waals surface area contributed by atoms with Crippen LogP contribution in [0.2, 0.25) is 0 Å². The van der Waals surface area contributed by atoms with Crippen LogP contribution in [0.25, 0.3) is 6.08 Å². The number of aryl methyl sites for hydroxylation is 1. The molecule has 7 nitrogen and oxygen atoms in total. The zero-order chi connectivity index (χ0) is 16.8. The molecule has 3 amide bonds. The monoisotopic (exact) mass is 317 g/mol. The number of carbonyl (C=O) groups excluding carboxylic acids is 3. The van der Waals surface area contributed by atoms with Crippen LogP contribution in [0, 0.1) is 6.92 Å². The smallest absolute Gasteiger partial charge is 0.327 e. The van der Waals surface area contributed by atoms with Crippen LogP contribution in [0.15, 0.2) is 24.3 Å². The first kappa shape index (κ1) is 16.5. The van der Waals surface area contributed by atoms with Crippen molar-refractivity contribution in [1.82, 2.24) is 16.2 Å². The third-order valence-corrected chi connectivity index (χ3v) is 3.22. The summed E-state index contributed by atoms with van der Waals surface area (Å²) < 4.78 is 5.20. The van der Waals surface area contributed by atoms with E-state index in [1.165, 1.54) is 6.08 Å². The molecule has 1 aromatic rings. The Morgan fingerprint density at radius 1 is 1.17 bits per heavy atom. The molecule has 23 heavy (non-hydrogen) atoms. The molecule has 122 valence electrons. The fourth-order valence-electron chi connectivity index (χ4n) is 1.84. The molecule has 0 bridgehead atoms. The zero-order valence-electron chi connectivity index (χ0n) is 13.0. The maximum Gasteiger partial charge on any atom is 0.327 e. The first-order valence-electron chi connectivity index (χ1n) is 7.23. The van der Waals surface area contributed by atoms with Gasteiger partial charge in [-0.3, -0.25) is 25.2 Å². The van der Waals surface area contributed by atoms with Crippen molar-refractivity contribution < 1.29 is 19.1 Å². The zero-order valence-corrected chi connectivity index (χ0v) is 13.0. The van der Waals surface area contributed by atoms with E-state index in [0.717, 1.165) is 24.0 Å². The van der Waals surface area contributed by atoms with Crippen molar-refractivity contribution in [1.29, 1.82) is 0 Å². The van der Waals surface area contributed by atoms with Crippen molar-refractivity contribution in [3.63, 3.8) is 0 Å². The lowest BCUT2D eigenvalue weighted by Gasteiger charge is -2.06. The fourth-order valence-corrected chi connectivity index (χ4v) is 1.84. The fraction of sp³-hybridized carbons (Fsp3) is 0.312. The van der Waals surface area contributed by atoms with Gasteiger partial charge in [-0.25, -0.2) is 0 Å². The van der Waals surface area contributed by atoms with Gasteiger partial charge in [0.05, 0.1) is 7.11 Å². The highest BCUT2D eigenvalue weighted by molar-refractivity contribution is 6.35. The molecule has 0 heterocycles. The number of methoxy groups -OCH3 is 1. The molecule has 2 rings (SSSR count). The summed E-state index contributed by atoms with van der Waals surface area (Å²) in [6.45, 7) is 1.93. The van der Waals surface area contributed by atoms with Crippen LogP contribution in [0.1, 0.15) is 24.0 Å². The molecule has 3 N–H and O–H groups in total. The van der Waals surface area contributed by atoms with E-state index in [0.29, 0.717) is 5.75 Å². The Hall–Kier alpha value is -2.83. The van der Waals surface area contributed by atoms with E-state index >= 15 is 0 Å². The van der Waals surface area contributed by atoms with Crippen molar-refractivity contribution in [2.45, 2.75) is 25.8 Å². The second kappa shape index (κ2) is 7.44. The molecule has 0 aliphatic heterocycles. The molecule has 1 aliphatic carbocycles. The van der Waals surface area contributed by atoms with E-state index in [2.05, 4.69) is 16.2 Å². The van der Waals surface area contributed by atoms with Gasteiger partial charge in [0, 0.05) is 17.7 Å². The van der Waals surface area contributed by atoms with Crippen LogP contribution in [-0.2, 0) is 14.4 Å². The van der Waals surface area contributed by atoms with E-state index in [4.69, 9.17) is 4.74 Å². The van der Waals surface area contributed by atoms with E-state index in [1.807, 2.05) is 19.1 Å². The molecular weight excluding hydrogens is 298 g/mol. The molecular formula is C16H19N3O4. The van der Waals surface area contributed by atoms with E-state index < -0.39 is 17.7 Å². The van der Waals surface area contributed by atoms with Gasteiger partial charge in [0.15, 0.2) is 0 Å². The minimum Gasteiger partial charge on any atom is -0.496 e. The van der Waals surface area contributed by atoms with Gasteiger partial charge in [-0.05, 0) is 38.0 Å². The third-order valence-electron chi connectivity index (χ3n) is 3.22. The Bertz CT molecular complexity index is 651. The predicted octanol–water partition coefficient (Wildman–Crippen LogP) is 0.443. The van der Waals surface area contributed by atoms with Crippen LogP contribution in [0.3, 0.4) is 0 Å². The molecule has 7 heteroatoms. The van der Waals surface area contributed by atoms with Crippen LogP contribution >= 0.6 is 0 Å². The molecule has 0 unspecified atom stereocenters. The summed E-state index contributed by atoms with van der Waals surface area (Å²) in [6, 6.07) is 5.65. The first-order valence-corrected chi connectivity index (χ1v) is 7.23. The normalized spacial score (nSPS) is 13.5. The minimum absolute atomic E-state index is 0.0811. The lowest BCUT2D eigenvalue weighted by atomic mass is 10.1. The number of hydrogen-bond donors (Lipinski definition) is 3. The van der Waals surface area contributed by atoms with Crippen molar-refractivity contribution in [3.8, 4) is 5.75 Å². The number of amides is 3. The molecule has 0 radical (unpaired) electrons. The van der Waals surface area contributed by atoms with Gasteiger partial charge in [0.1, 0.15) is 5.75 Å². The predicted molar refractivity (Wildman–Crippen MR) is 84.2 cm³/mol. The third kappa shape index (κ3) is 5.14. The summed E-state index contributed by atoms with van der Waals surface area (Å²) in [5, 5.41) is 2.52. The minimum atomic E-state index is -0.896. The van der Waals surface area contributed by atoms with Gasteiger partial charge in [-0.1, -0.05) is 11.6 Å². The topological polar surface area (TPSA) is 96.5 Å². The second-order valence-corrected chi connectivity index (χ2v) is 5.27. The summed E-state index contributed by atoms with van der Waals surface area (Å²) in [5.74, 6) is -1.57. The Balaban J connectivity index is 1.85. The van der Waals surface area contributed by atoms with Crippen molar-refractivity contribution >= 4 is 23.8 Å². The second-order valence-electron chi connectivity index (χ2n) is 5.27. The molecule has 0 spiro atoms. The lowest BCUT2D eigenvalue weighted by molar-refractivity contribution is -0.140. The molecule has 1 fully saturated rings. The highest BCUT2D eigenvalue weighted by Crippen LogP contribution is 2.20. The molecule has 1 aliphatic rings. The molecule has 0 atom stereocenters. The number of carbonyl (C=O) groups is 3. The molecule has 0 aromatic heterocycles. The average Bonchev–Trinajstić information content (AvgIpc) is 3.34. The van der Waals surface area contributed by atoms with E-state index in [-0.39, 0.29) is 6.04 Å². The Morgan fingerprint density at radius 2 is 1.91 bits per heavy atom. The van der Waals surface area contributed by atoms with Gasteiger partial charge in [-0.2, -0.15) is 0 Å². The Morgan fingerprint density at radius 3 is 2.57 bits per heavy atom. The number of benzene rings is 1. The maximum absolute atomic E-state index is 11.7. The molecule has 0 saturated heterocycles. The van der Waals surface area contributed by atoms with Gasteiger partial charge < -0.3 is 10.1 Å². The summed E-state index contributed by atoms with van der Waals surface area (Å²) in [4.78, 5) is 34.5. The lowest BCUT2D eigenvalue weighted by Crippen LogP contribution is -2.48. The summed E-state index contributed by atoms with van der Waals surface area (Å²) in [6.07, 6.45) is 4.58. The quantitative estimate of drug-likeness (QED) is 0.426. The van der Waals surface area contributed by atoms with Crippen molar-refractivity contribution in [2.24, 2.45) is 0 Å². The van der Waals surface area contributed by atoms with Crippen LogP contribution in [0.5, 0.6) is 5.75 Å². The van der Waals surface area contributed by atoms with Gasteiger partial charge in [-0.15, -0.1) is 0 Å². The van der Waals surface area contributed by atoms with Gasteiger partial charge in [0.2, 0.25) is 0 Å². The highest BCUT2D eigenvalue weighted by Gasteiger charge is 2.26. The number of nitrogens with one attached hydrogen (secondary N) is 3. The maximum atomic E-state index is 11.7. The number of rotatable bonds is 4. The van der Waals surface area contributed by atoms with Crippen molar-refractivity contribution in [3.05, 3.63) is 35.4 Å². The SMILES string of the molecule is COc1ccc(C)cc1/C=C/C(=O)NNC(=O)C(=O)NC1CC1. The average molecular weight is 317 g/mol. The summed E-state index contributed by atoms with van der Waals surface area (Å²) >= 11 is 0. The van der Waals surface area contributed by atoms with Crippen LogP contribution < -0.4 is 20.9 Å². The number of hydrogen-bond acceptors (Lipinski definition) is 4. The largest absolute Gasteiger partial charge is 0.496 e. The van der Waals surface area contributed by atoms with Gasteiger partial charge in [0.25, 0.3) is 5.91 Å². The molecule has 1 saturated carbocycles. The number of hydrazine groups is 1. The summed E-state index contributed by atoms with van der Waals surface area (Å²) in [7, 11) is 1.54. The van der Waals surface area contributed by atoms with Gasteiger partial charge >= 0.3 is 11.8 Å². The van der Waals surface area contributed by atoms with E-state index in [1.54, 1.807) is 19.3 Å². The van der Waals surface area contributed by atoms with E-state index in [9.17, 15) is 14.4 Å². The Kier molecular flexibility index (Phi) is 5.35.